The number of benzene rings is 3. The van der Waals surface area contributed by atoms with Crippen LogP contribution in [-0.4, -0.2) is 45.3 Å². The van der Waals surface area contributed by atoms with Gasteiger partial charge in [0.2, 0.25) is 11.5 Å². The highest BCUT2D eigenvalue weighted by molar-refractivity contribution is 6.15. The Bertz CT molecular complexity index is 1310. The van der Waals surface area contributed by atoms with Crippen LogP contribution in [0.5, 0.6) is 28.7 Å². The fourth-order valence-electron chi connectivity index (χ4n) is 4.42. The van der Waals surface area contributed by atoms with Crippen LogP contribution >= 0.6 is 0 Å². The van der Waals surface area contributed by atoms with E-state index in [1.54, 1.807) is 36.4 Å². The number of fused-ring (bicyclic) bond motifs is 3. The van der Waals surface area contributed by atoms with Crippen LogP contribution in [0.15, 0.2) is 54.3 Å². The molecule has 0 amide bonds. The van der Waals surface area contributed by atoms with Gasteiger partial charge in [-0.05, 0) is 60.0 Å². The second-order valence-electron chi connectivity index (χ2n) is 8.52. The third-order valence-electron chi connectivity index (χ3n) is 6.30. The zero-order valence-electron chi connectivity index (χ0n) is 20.3. The Kier molecular flexibility index (Phi) is 6.52. The molecular formula is C28H26FNO6. The molecule has 0 atom stereocenters. The molecular weight excluding hydrogens is 465 g/mol. The average Bonchev–Trinajstić information content (AvgIpc) is 3.22. The van der Waals surface area contributed by atoms with Crippen molar-refractivity contribution in [2.45, 2.75) is 13.0 Å². The predicted molar refractivity (Wildman–Crippen MR) is 131 cm³/mol. The molecule has 186 valence electrons. The third-order valence-corrected chi connectivity index (χ3v) is 6.30. The van der Waals surface area contributed by atoms with Gasteiger partial charge < -0.3 is 23.7 Å². The first kappa shape index (κ1) is 23.7. The monoisotopic (exact) mass is 491 g/mol. The molecule has 2 heterocycles. The van der Waals surface area contributed by atoms with Crippen LogP contribution in [0.3, 0.4) is 0 Å². The molecule has 0 unspecified atom stereocenters. The third kappa shape index (κ3) is 4.47. The molecule has 5 rings (SSSR count). The fourth-order valence-corrected chi connectivity index (χ4v) is 4.42. The number of halogens is 1. The SMILES string of the molecule is COc1cc(/C=C2\Oc3c(ccc4c3CN(CCc3ccc(F)cc3)CO4)C2=O)cc(OC)c1OC. The topological polar surface area (TPSA) is 66.5 Å². The molecule has 0 N–H and O–H groups in total. The van der Waals surface area contributed by atoms with E-state index in [2.05, 4.69) is 4.90 Å². The van der Waals surface area contributed by atoms with Crippen molar-refractivity contribution in [2.24, 2.45) is 0 Å². The van der Waals surface area contributed by atoms with E-state index in [1.165, 1.54) is 33.5 Å². The van der Waals surface area contributed by atoms with E-state index in [0.717, 1.165) is 24.1 Å². The van der Waals surface area contributed by atoms with Crippen molar-refractivity contribution in [3.63, 3.8) is 0 Å². The molecule has 2 aliphatic heterocycles. The average molecular weight is 492 g/mol. The molecule has 0 radical (unpaired) electrons. The number of methoxy groups -OCH3 is 3. The number of hydrogen-bond donors (Lipinski definition) is 0. The fraction of sp³-hybridized carbons (Fsp3) is 0.250. The molecule has 36 heavy (non-hydrogen) atoms. The molecule has 0 aliphatic carbocycles. The normalized spacial score (nSPS) is 15.7. The summed E-state index contributed by atoms with van der Waals surface area (Å²) in [6.45, 7) is 1.72. The van der Waals surface area contributed by atoms with Crippen molar-refractivity contribution in [1.82, 2.24) is 4.90 Å². The standard InChI is InChI=1S/C28H26FNO6/c1-32-24-13-18(14-25(33-2)28(24)34-3)12-23-26(31)20-8-9-22-21(27(20)36-23)15-30(16-35-22)11-10-17-4-6-19(29)7-5-17/h4-9,12-14H,10-11,15-16H2,1-3H3/b23-12-. The summed E-state index contributed by atoms with van der Waals surface area (Å²) in [7, 11) is 4.61. The van der Waals surface area contributed by atoms with E-state index in [4.69, 9.17) is 23.7 Å². The molecule has 0 aromatic heterocycles. The Balaban J connectivity index is 1.38. The van der Waals surface area contributed by atoms with Crippen LogP contribution < -0.4 is 23.7 Å². The summed E-state index contributed by atoms with van der Waals surface area (Å²) in [5.74, 6) is 2.40. The summed E-state index contributed by atoms with van der Waals surface area (Å²) in [6.07, 6.45) is 2.41. The van der Waals surface area contributed by atoms with Gasteiger partial charge in [0.25, 0.3) is 0 Å². The minimum Gasteiger partial charge on any atom is -0.493 e. The Morgan fingerprint density at radius 3 is 2.39 bits per heavy atom. The van der Waals surface area contributed by atoms with E-state index in [1.807, 2.05) is 6.07 Å². The first-order valence-electron chi connectivity index (χ1n) is 11.5. The van der Waals surface area contributed by atoms with Gasteiger partial charge in [-0.25, -0.2) is 4.39 Å². The van der Waals surface area contributed by atoms with E-state index in [-0.39, 0.29) is 17.4 Å². The molecule has 2 aliphatic rings. The van der Waals surface area contributed by atoms with Gasteiger partial charge in [0.15, 0.2) is 17.3 Å². The Labute approximate surface area is 208 Å². The molecule has 3 aromatic rings. The number of ketones is 1. The van der Waals surface area contributed by atoms with Crippen molar-refractivity contribution in [2.75, 3.05) is 34.6 Å². The lowest BCUT2D eigenvalue weighted by molar-refractivity contribution is 0.0949. The van der Waals surface area contributed by atoms with Gasteiger partial charge in [0.05, 0.1) is 32.5 Å². The molecule has 0 bridgehead atoms. The summed E-state index contributed by atoms with van der Waals surface area (Å²) in [5.41, 5.74) is 3.05. The van der Waals surface area contributed by atoms with Gasteiger partial charge in [-0.1, -0.05) is 12.1 Å². The van der Waals surface area contributed by atoms with Crippen molar-refractivity contribution in [3.05, 3.63) is 82.4 Å². The summed E-state index contributed by atoms with van der Waals surface area (Å²) in [4.78, 5) is 15.3. The van der Waals surface area contributed by atoms with Crippen LogP contribution in [-0.2, 0) is 13.0 Å². The molecule has 0 saturated carbocycles. The summed E-state index contributed by atoms with van der Waals surface area (Å²) < 4.78 is 41.5. The minimum absolute atomic E-state index is 0.204. The maximum absolute atomic E-state index is 13.2. The van der Waals surface area contributed by atoms with Gasteiger partial charge in [0, 0.05) is 13.1 Å². The predicted octanol–water partition coefficient (Wildman–Crippen LogP) is 4.86. The van der Waals surface area contributed by atoms with Crippen LogP contribution in [0.4, 0.5) is 4.39 Å². The van der Waals surface area contributed by atoms with E-state index >= 15 is 0 Å². The van der Waals surface area contributed by atoms with Gasteiger partial charge in [0.1, 0.15) is 24.0 Å². The molecule has 3 aromatic carbocycles. The minimum atomic E-state index is -0.248. The smallest absolute Gasteiger partial charge is 0.231 e. The van der Waals surface area contributed by atoms with Crippen LogP contribution in [0.1, 0.15) is 27.0 Å². The van der Waals surface area contributed by atoms with Crippen molar-refractivity contribution >= 4 is 11.9 Å². The molecule has 0 fully saturated rings. The van der Waals surface area contributed by atoms with Crippen molar-refractivity contribution in [3.8, 4) is 28.7 Å². The van der Waals surface area contributed by atoms with Crippen LogP contribution in [0.25, 0.3) is 6.08 Å². The van der Waals surface area contributed by atoms with Gasteiger partial charge in [-0.2, -0.15) is 0 Å². The second-order valence-corrected chi connectivity index (χ2v) is 8.52. The quantitative estimate of drug-likeness (QED) is 0.437. The Hall–Kier alpha value is -4.04. The molecule has 0 spiro atoms. The molecule has 0 saturated heterocycles. The maximum atomic E-state index is 13.2. The molecule has 7 nitrogen and oxygen atoms in total. The lowest BCUT2D eigenvalue weighted by Crippen LogP contribution is -2.33. The number of hydrogen-bond acceptors (Lipinski definition) is 7. The first-order chi connectivity index (χ1) is 17.5. The first-order valence-corrected chi connectivity index (χ1v) is 11.5. The lowest BCUT2D eigenvalue weighted by atomic mass is 10.0. The van der Waals surface area contributed by atoms with Gasteiger partial charge in [-0.15, -0.1) is 0 Å². The second kappa shape index (κ2) is 9.91. The van der Waals surface area contributed by atoms with Gasteiger partial charge in [-0.3, -0.25) is 9.69 Å². The maximum Gasteiger partial charge on any atom is 0.231 e. The summed E-state index contributed by atoms with van der Waals surface area (Å²) in [6, 6.07) is 13.6. The highest BCUT2D eigenvalue weighted by atomic mass is 19.1. The van der Waals surface area contributed by atoms with Crippen LogP contribution in [0, 0.1) is 5.82 Å². The number of Topliss-reactive ketones (excluding diaryl/α,β-unsaturated/α-hetero) is 1. The van der Waals surface area contributed by atoms with E-state index < -0.39 is 0 Å². The van der Waals surface area contributed by atoms with E-state index in [9.17, 15) is 9.18 Å². The van der Waals surface area contributed by atoms with Crippen molar-refractivity contribution in [1.29, 1.82) is 0 Å². The number of ether oxygens (including phenoxy) is 5. The zero-order chi connectivity index (χ0) is 25.2. The molecule has 8 heteroatoms. The summed E-state index contributed by atoms with van der Waals surface area (Å²) in [5, 5.41) is 0. The van der Waals surface area contributed by atoms with Gasteiger partial charge >= 0.3 is 0 Å². The highest BCUT2D eigenvalue weighted by Gasteiger charge is 2.33. The number of rotatable bonds is 7. The Morgan fingerprint density at radius 2 is 1.72 bits per heavy atom. The van der Waals surface area contributed by atoms with Crippen LogP contribution in [0.2, 0.25) is 0 Å². The number of carbonyl (C=O) groups is 1. The lowest BCUT2D eigenvalue weighted by Gasteiger charge is -2.29. The highest BCUT2D eigenvalue weighted by Crippen LogP contribution is 2.43. The Morgan fingerprint density at radius 1 is 1.00 bits per heavy atom. The summed E-state index contributed by atoms with van der Waals surface area (Å²) >= 11 is 0. The number of nitrogens with zero attached hydrogens (tertiary/aromatic N) is 1. The van der Waals surface area contributed by atoms with Crippen molar-refractivity contribution < 1.29 is 32.9 Å². The number of carbonyl (C=O) groups excluding carboxylic acids is 1. The zero-order valence-corrected chi connectivity index (χ0v) is 20.3. The van der Waals surface area contributed by atoms with E-state index in [0.29, 0.717) is 53.2 Å². The number of allylic oxidation sites excluding steroid dienone is 1. The largest absolute Gasteiger partial charge is 0.493 e.